The maximum atomic E-state index is 12.3. The molecule has 0 spiro atoms. The molecule has 2 fully saturated rings. The van der Waals surface area contributed by atoms with Crippen molar-refractivity contribution in [3.05, 3.63) is 42.0 Å². The van der Waals surface area contributed by atoms with Gasteiger partial charge in [0.25, 0.3) is 0 Å². The summed E-state index contributed by atoms with van der Waals surface area (Å²) >= 11 is 0. The van der Waals surface area contributed by atoms with Crippen LogP contribution in [0.4, 0.5) is 4.79 Å². The SMILES string of the molecule is O=C(NCCCN1CCCCC1)N1CCN(CC=Cc2ccccc2)CC1. The molecule has 0 radical (unpaired) electrons. The molecular weight excluding hydrogens is 336 g/mol. The van der Waals surface area contributed by atoms with Crippen LogP contribution in [-0.2, 0) is 0 Å². The van der Waals surface area contributed by atoms with E-state index in [1.807, 2.05) is 11.0 Å². The summed E-state index contributed by atoms with van der Waals surface area (Å²) in [6, 6.07) is 10.5. The molecule has 1 aromatic carbocycles. The Morgan fingerprint density at radius 3 is 2.41 bits per heavy atom. The minimum Gasteiger partial charge on any atom is -0.338 e. The van der Waals surface area contributed by atoms with Crippen molar-refractivity contribution >= 4 is 12.1 Å². The summed E-state index contributed by atoms with van der Waals surface area (Å²) in [4.78, 5) is 19.2. The standard InChI is InChI=1S/C22H34N4O/c27-22(23-12-8-16-24-13-5-2-6-14-24)26-19-17-25(18-20-26)15-7-11-21-9-3-1-4-10-21/h1,3-4,7,9-11H,2,5-6,8,12-20H2,(H,23,27). The second-order valence-corrected chi connectivity index (χ2v) is 7.59. The van der Waals surface area contributed by atoms with Gasteiger partial charge in [0.2, 0.25) is 0 Å². The average Bonchev–Trinajstić information content (AvgIpc) is 2.73. The summed E-state index contributed by atoms with van der Waals surface area (Å²) in [6.45, 7) is 8.83. The second kappa shape index (κ2) is 11.1. The Bertz CT molecular complexity index is 575. The van der Waals surface area contributed by atoms with Crippen molar-refractivity contribution in [3.63, 3.8) is 0 Å². The van der Waals surface area contributed by atoms with Gasteiger partial charge in [-0.05, 0) is 44.5 Å². The zero-order valence-corrected chi connectivity index (χ0v) is 16.5. The Balaban J connectivity index is 1.27. The van der Waals surface area contributed by atoms with E-state index in [1.165, 1.54) is 37.9 Å². The first-order chi connectivity index (χ1) is 13.3. The summed E-state index contributed by atoms with van der Waals surface area (Å²) < 4.78 is 0. The second-order valence-electron chi connectivity index (χ2n) is 7.59. The molecule has 5 heteroatoms. The number of urea groups is 1. The van der Waals surface area contributed by atoms with E-state index in [0.717, 1.165) is 52.2 Å². The van der Waals surface area contributed by atoms with E-state index in [0.29, 0.717) is 0 Å². The molecule has 2 aliphatic heterocycles. The van der Waals surface area contributed by atoms with Crippen LogP contribution >= 0.6 is 0 Å². The third-order valence-electron chi connectivity index (χ3n) is 5.51. The maximum Gasteiger partial charge on any atom is 0.317 e. The number of hydrogen-bond donors (Lipinski definition) is 1. The summed E-state index contributed by atoms with van der Waals surface area (Å²) in [6.07, 6.45) is 9.47. The van der Waals surface area contributed by atoms with Crippen molar-refractivity contribution in [2.75, 3.05) is 58.9 Å². The van der Waals surface area contributed by atoms with Crippen LogP contribution in [0, 0.1) is 0 Å². The Morgan fingerprint density at radius 1 is 0.926 bits per heavy atom. The number of carbonyl (C=O) groups is 1. The van der Waals surface area contributed by atoms with Gasteiger partial charge in [-0.25, -0.2) is 4.79 Å². The summed E-state index contributed by atoms with van der Waals surface area (Å²) in [5.41, 5.74) is 1.24. The number of piperidine rings is 1. The minimum atomic E-state index is 0.105. The molecular formula is C22H34N4O. The average molecular weight is 371 g/mol. The smallest absolute Gasteiger partial charge is 0.317 e. The van der Waals surface area contributed by atoms with Gasteiger partial charge in [0.05, 0.1) is 0 Å². The third kappa shape index (κ3) is 7.00. The zero-order chi connectivity index (χ0) is 18.7. The number of nitrogens with zero attached hydrogens (tertiary/aromatic N) is 3. The summed E-state index contributed by atoms with van der Waals surface area (Å²) in [7, 11) is 0. The highest BCUT2D eigenvalue weighted by Crippen LogP contribution is 2.08. The quantitative estimate of drug-likeness (QED) is 0.750. The van der Waals surface area contributed by atoms with Gasteiger partial charge in [-0.3, -0.25) is 4.90 Å². The molecule has 0 saturated carbocycles. The van der Waals surface area contributed by atoms with Crippen LogP contribution in [0.1, 0.15) is 31.2 Å². The predicted molar refractivity (Wildman–Crippen MR) is 112 cm³/mol. The molecule has 5 nitrogen and oxygen atoms in total. The van der Waals surface area contributed by atoms with Crippen LogP contribution in [-0.4, -0.2) is 79.6 Å². The van der Waals surface area contributed by atoms with Gasteiger partial charge >= 0.3 is 6.03 Å². The molecule has 3 rings (SSSR count). The highest BCUT2D eigenvalue weighted by Gasteiger charge is 2.20. The lowest BCUT2D eigenvalue weighted by Gasteiger charge is -2.34. The number of hydrogen-bond acceptors (Lipinski definition) is 3. The first kappa shape index (κ1) is 19.9. The van der Waals surface area contributed by atoms with Crippen LogP contribution in [0.2, 0.25) is 0 Å². The van der Waals surface area contributed by atoms with Crippen LogP contribution in [0.5, 0.6) is 0 Å². The number of amides is 2. The molecule has 27 heavy (non-hydrogen) atoms. The Kier molecular flexibility index (Phi) is 8.18. The normalized spacial score (nSPS) is 19.5. The molecule has 0 unspecified atom stereocenters. The maximum absolute atomic E-state index is 12.3. The van der Waals surface area contributed by atoms with Crippen molar-refractivity contribution in [1.82, 2.24) is 20.0 Å². The zero-order valence-electron chi connectivity index (χ0n) is 16.5. The van der Waals surface area contributed by atoms with E-state index < -0.39 is 0 Å². The number of rotatable bonds is 7. The predicted octanol–water partition coefficient (Wildman–Crippen LogP) is 2.90. The fourth-order valence-electron chi connectivity index (χ4n) is 3.83. The van der Waals surface area contributed by atoms with Gasteiger partial charge in [0, 0.05) is 39.3 Å². The van der Waals surface area contributed by atoms with Crippen molar-refractivity contribution in [1.29, 1.82) is 0 Å². The van der Waals surface area contributed by atoms with Gasteiger partial charge in [-0.1, -0.05) is 48.9 Å². The first-order valence-corrected chi connectivity index (χ1v) is 10.5. The highest BCUT2D eigenvalue weighted by molar-refractivity contribution is 5.74. The fraction of sp³-hybridized carbons (Fsp3) is 0.591. The summed E-state index contributed by atoms with van der Waals surface area (Å²) in [5.74, 6) is 0. The lowest BCUT2D eigenvalue weighted by molar-refractivity contribution is 0.146. The minimum absolute atomic E-state index is 0.105. The van der Waals surface area contributed by atoms with E-state index in [9.17, 15) is 4.79 Å². The van der Waals surface area contributed by atoms with Crippen LogP contribution < -0.4 is 5.32 Å². The lowest BCUT2D eigenvalue weighted by Crippen LogP contribution is -2.51. The van der Waals surface area contributed by atoms with Crippen LogP contribution in [0.15, 0.2) is 36.4 Å². The Hall–Kier alpha value is -1.85. The number of likely N-dealkylation sites (tertiary alicyclic amines) is 1. The molecule has 148 valence electrons. The van der Waals surface area contributed by atoms with E-state index in [-0.39, 0.29) is 6.03 Å². The first-order valence-electron chi connectivity index (χ1n) is 10.5. The van der Waals surface area contributed by atoms with E-state index >= 15 is 0 Å². The van der Waals surface area contributed by atoms with E-state index in [1.54, 1.807) is 0 Å². The topological polar surface area (TPSA) is 38.8 Å². The molecule has 2 heterocycles. The number of nitrogens with one attached hydrogen (secondary N) is 1. The van der Waals surface area contributed by atoms with Gasteiger partial charge in [-0.2, -0.15) is 0 Å². The van der Waals surface area contributed by atoms with E-state index in [4.69, 9.17) is 0 Å². The largest absolute Gasteiger partial charge is 0.338 e. The van der Waals surface area contributed by atoms with Crippen LogP contribution in [0.25, 0.3) is 6.08 Å². The fourth-order valence-corrected chi connectivity index (χ4v) is 3.83. The molecule has 2 saturated heterocycles. The Labute approximate surface area is 164 Å². The molecule has 1 N–H and O–H groups in total. The van der Waals surface area contributed by atoms with E-state index in [2.05, 4.69) is 51.5 Å². The number of benzene rings is 1. The third-order valence-corrected chi connectivity index (χ3v) is 5.51. The monoisotopic (exact) mass is 370 g/mol. The molecule has 0 aliphatic carbocycles. The van der Waals surface area contributed by atoms with Crippen molar-refractivity contribution in [2.45, 2.75) is 25.7 Å². The summed E-state index contributed by atoms with van der Waals surface area (Å²) in [5, 5.41) is 3.10. The Morgan fingerprint density at radius 2 is 1.67 bits per heavy atom. The van der Waals surface area contributed by atoms with Crippen molar-refractivity contribution in [3.8, 4) is 0 Å². The van der Waals surface area contributed by atoms with Gasteiger partial charge in [-0.15, -0.1) is 0 Å². The number of piperazine rings is 1. The molecule has 2 amide bonds. The molecule has 2 aliphatic rings. The van der Waals surface area contributed by atoms with Crippen LogP contribution in [0.3, 0.4) is 0 Å². The molecule has 1 aromatic rings. The van der Waals surface area contributed by atoms with Gasteiger partial charge in [0.1, 0.15) is 0 Å². The molecule has 0 atom stereocenters. The highest BCUT2D eigenvalue weighted by atomic mass is 16.2. The van der Waals surface area contributed by atoms with Crippen molar-refractivity contribution < 1.29 is 4.79 Å². The lowest BCUT2D eigenvalue weighted by atomic mass is 10.1. The number of carbonyl (C=O) groups excluding carboxylic acids is 1. The molecule has 0 bridgehead atoms. The molecule has 0 aromatic heterocycles. The van der Waals surface area contributed by atoms with Crippen molar-refractivity contribution in [2.24, 2.45) is 0 Å². The van der Waals surface area contributed by atoms with Gasteiger partial charge < -0.3 is 15.1 Å². The van der Waals surface area contributed by atoms with Gasteiger partial charge in [0.15, 0.2) is 0 Å².